The zero-order valence-corrected chi connectivity index (χ0v) is 15.6. The van der Waals surface area contributed by atoms with Crippen LogP contribution in [0.4, 0.5) is 4.79 Å². The Morgan fingerprint density at radius 1 is 1.33 bits per heavy atom. The summed E-state index contributed by atoms with van der Waals surface area (Å²) in [4.78, 5) is 26.5. The predicted molar refractivity (Wildman–Crippen MR) is 98.9 cm³/mol. The van der Waals surface area contributed by atoms with Crippen molar-refractivity contribution in [3.63, 3.8) is 0 Å². The van der Waals surface area contributed by atoms with Crippen LogP contribution in [0.15, 0.2) is 28.8 Å². The Morgan fingerprint density at radius 3 is 3.00 bits per heavy atom. The Hall–Kier alpha value is -3.16. The summed E-state index contributed by atoms with van der Waals surface area (Å²) in [5.74, 6) is 1.78. The summed E-state index contributed by atoms with van der Waals surface area (Å²) in [5.41, 5.74) is 4.06. The number of aryl methyl sites for hydroxylation is 2. The Bertz CT molecular complexity index is 976. The van der Waals surface area contributed by atoms with E-state index in [2.05, 4.69) is 25.4 Å². The average Bonchev–Trinajstić information content (AvgIpc) is 3.26. The van der Waals surface area contributed by atoms with Gasteiger partial charge < -0.3 is 19.7 Å². The van der Waals surface area contributed by atoms with Crippen molar-refractivity contribution in [3.05, 3.63) is 52.9 Å². The molecule has 0 aliphatic carbocycles. The van der Waals surface area contributed by atoms with Crippen LogP contribution in [0.1, 0.15) is 41.6 Å². The number of benzene rings is 1. The third-order valence-corrected chi connectivity index (χ3v) is 4.67. The first-order valence-corrected chi connectivity index (χ1v) is 9.00. The molecule has 0 radical (unpaired) electrons. The van der Waals surface area contributed by atoms with E-state index in [-0.39, 0.29) is 12.1 Å². The van der Waals surface area contributed by atoms with E-state index in [0.717, 1.165) is 34.8 Å². The highest BCUT2D eigenvalue weighted by atomic mass is 16.5. The Balaban J connectivity index is 1.42. The minimum Gasteiger partial charge on any atom is -0.344 e. The summed E-state index contributed by atoms with van der Waals surface area (Å²) in [6, 6.07) is 7.36. The highest BCUT2D eigenvalue weighted by molar-refractivity contribution is 5.74. The first kappa shape index (κ1) is 17.3. The van der Waals surface area contributed by atoms with Gasteiger partial charge in [0.25, 0.3) is 0 Å². The summed E-state index contributed by atoms with van der Waals surface area (Å²) in [7, 11) is 0. The van der Waals surface area contributed by atoms with Crippen LogP contribution < -0.4 is 5.32 Å². The van der Waals surface area contributed by atoms with E-state index in [4.69, 9.17) is 4.52 Å². The Labute approximate surface area is 157 Å². The lowest BCUT2D eigenvalue weighted by Gasteiger charge is -2.27. The molecular formula is C19H22N6O2. The number of rotatable bonds is 3. The van der Waals surface area contributed by atoms with Gasteiger partial charge in [-0.25, -0.2) is 9.78 Å². The summed E-state index contributed by atoms with van der Waals surface area (Å²) in [6.07, 6.45) is 0.750. The fourth-order valence-corrected chi connectivity index (χ4v) is 3.26. The number of fused-ring (bicyclic) bond motifs is 1. The maximum absolute atomic E-state index is 12.6. The smallest absolute Gasteiger partial charge is 0.318 e. The number of aromatic amines is 1. The van der Waals surface area contributed by atoms with Crippen LogP contribution >= 0.6 is 0 Å². The fourth-order valence-electron chi connectivity index (χ4n) is 3.26. The largest absolute Gasteiger partial charge is 0.344 e. The molecule has 1 aliphatic rings. The lowest BCUT2D eigenvalue weighted by atomic mass is 10.1. The number of H-pyrrole nitrogens is 1. The number of nitrogens with zero attached hydrogens (tertiary/aromatic N) is 4. The maximum Gasteiger partial charge on any atom is 0.318 e. The average molecular weight is 366 g/mol. The molecule has 27 heavy (non-hydrogen) atoms. The lowest BCUT2D eigenvalue weighted by molar-refractivity contribution is 0.185. The van der Waals surface area contributed by atoms with Crippen molar-refractivity contribution < 1.29 is 9.32 Å². The molecule has 8 heteroatoms. The van der Waals surface area contributed by atoms with Gasteiger partial charge in [-0.15, -0.1) is 0 Å². The van der Waals surface area contributed by atoms with Gasteiger partial charge in [0.15, 0.2) is 0 Å². The third-order valence-electron chi connectivity index (χ3n) is 4.67. The van der Waals surface area contributed by atoms with E-state index in [1.54, 1.807) is 4.90 Å². The number of aromatic nitrogens is 4. The second-order valence-electron chi connectivity index (χ2n) is 6.92. The quantitative estimate of drug-likeness (QED) is 0.742. The van der Waals surface area contributed by atoms with Crippen LogP contribution in [0.25, 0.3) is 11.4 Å². The molecule has 3 aromatic rings. The molecule has 8 nitrogen and oxygen atoms in total. The summed E-state index contributed by atoms with van der Waals surface area (Å²) >= 11 is 0. The van der Waals surface area contributed by atoms with Crippen molar-refractivity contribution in [1.82, 2.24) is 30.3 Å². The Kier molecular flexibility index (Phi) is 4.39. The molecule has 0 saturated carbocycles. The molecule has 2 N–H and O–H groups in total. The van der Waals surface area contributed by atoms with Crippen molar-refractivity contribution in [2.75, 3.05) is 6.54 Å². The number of carbonyl (C=O) groups is 1. The van der Waals surface area contributed by atoms with Gasteiger partial charge in [-0.05, 0) is 26.8 Å². The zero-order valence-electron chi connectivity index (χ0n) is 15.6. The van der Waals surface area contributed by atoms with Crippen molar-refractivity contribution in [3.8, 4) is 11.4 Å². The second kappa shape index (κ2) is 6.86. The summed E-state index contributed by atoms with van der Waals surface area (Å²) < 4.78 is 5.36. The molecule has 140 valence electrons. The molecule has 0 fully saturated rings. The maximum atomic E-state index is 12.6. The van der Waals surface area contributed by atoms with E-state index in [0.29, 0.717) is 24.8 Å². The van der Waals surface area contributed by atoms with Crippen molar-refractivity contribution in [2.24, 2.45) is 0 Å². The SMILES string of the molecule is Cc1cccc(-c2noc(C(C)NC(=O)N3CCc4nc(C)[nH]c4C3)n2)c1. The van der Waals surface area contributed by atoms with Crippen LogP contribution in [0, 0.1) is 13.8 Å². The summed E-state index contributed by atoms with van der Waals surface area (Å²) in [5, 5.41) is 6.97. The highest BCUT2D eigenvalue weighted by Crippen LogP contribution is 2.21. The van der Waals surface area contributed by atoms with Gasteiger partial charge in [0.1, 0.15) is 11.9 Å². The minimum absolute atomic E-state index is 0.157. The van der Waals surface area contributed by atoms with Crippen molar-refractivity contribution in [2.45, 2.75) is 39.8 Å². The first-order chi connectivity index (χ1) is 13.0. The number of nitrogens with one attached hydrogen (secondary N) is 2. The van der Waals surface area contributed by atoms with Crippen LogP contribution in [0.3, 0.4) is 0 Å². The lowest BCUT2D eigenvalue weighted by Crippen LogP contribution is -2.43. The molecule has 1 atom stereocenters. The van der Waals surface area contributed by atoms with Gasteiger partial charge in [-0.2, -0.15) is 4.98 Å². The van der Waals surface area contributed by atoms with Crippen LogP contribution in [-0.2, 0) is 13.0 Å². The van der Waals surface area contributed by atoms with E-state index in [1.807, 2.05) is 45.0 Å². The number of urea groups is 1. The second-order valence-corrected chi connectivity index (χ2v) is 6.92. The van der Waals surface area contributed by atoms with Gasteiger partial charge in [-0.3, -0.25) is 0 Å². The molecule has 0 spiro atoms. The van der Waals surface area contributed by atoms with E-state index in [9.17, 15) is 4.79 Å². The minimum atomic E-state index is -0.381. The zero-order chi connectivity index (χ0) is 19.0. The van der Waals surface area contributed by atoms with Crippen molar-refractivity contribution in [1.29, 1.82) is 0 Å². The van der Waals surface area contributed by atoms with Gasteiger partial charge in [0, 0.05) is 18.5 Å². The molecule has 2 aromatic heterocycles. The molecular weight excluding hydrogens is 344 g/mol. The highest BCUT2D eigenvalue weighted by Gasteiger charge is 2.25. The number of carbonyl (C=O) groups excluding carboxylic acids is 1. The topological polar surface area (TPSA) is 99.9 Å². The van der Waals surface area contributed by atoms with Crippen LogP contribution in [0.5, 0.6) is 0 Å². The first-order valence-electron chi connectivity index (χ1n) is 9.00. The normalized spacial score (nSPS) is 14.7. The molecule has 4 rings (SSSR count). The van der Waals surface area contributed by atoms with E-state index >= 15 is 0 Å². The fraction of sp³-hybridized carbons (Fsp3) is 0.368. The van der Waals surface area contributed by atoms with Gasteiger partial charge in [0.2, 0.25) is 11.7 Å². The molecule has 3 heterocycles. The molecule has 0 bridgehead atoms. The van der Waals surface area contributed by atoms with Gasteiger partial charge in [0.05, 0.1) is 17.9 Å². The van der Waals surface area contributed by atoms with Gasteiger partial charge >= 0.3 is 6.03 Å². The third kappa shape index (κ3) is 3.55. The monoisotopic (exact) mass is 366 g/mol. The predicted octanol–water partition coefficient (Wildman–Crippen LogP) is 2.91. The van der Waals surface area contributed by atoms with E-state index < -0.39 is 0 Å². The molecule has 1 aliphatic heterocycles. The summed E-state index contributed by atoms with van der Waals surface area (Å²) in [6.45, 7) is 6.92. The van der Waals surface area contributed by atoms with E-state index in [1.165, 1.54) is 0 Å². The number of hydrogen-bond acceptors (Lipinski definition) is 5. The number of amides is 2. The standard InChI is InChI=1S/C19H22N6O2/c1-11-5-4-6-14(9-11)17-23-18(27-24-17)12(2)20-19(26)25-8-7-15-16(10-25)22-13(3)21-15/h4-6,9,12H,7-8,10H2,1-3H3,(H,20,26)(H,21,22). The molecule has 2 amide bonds. The van der Waals surface area contributed by atoms with Crippen molar-refractivity contribution >= 4 is 6.03 Å². The number of hydrogen-bond donors (Lipinski definition) is 2. The Morgan fingerprint density at radius 2 is 2.19 bits per heavy atom. The molecule has 1 unspecified atom stereocenters. The van der Waals surface area contributed by atoms with Gasteiger partial charge in [-0.1, -0.05) is 28.9 Å². The van der Waals surface area contributed by atoms with Crippen LogP contribution in [0.2, 0.25) is 0 Å². The molecule has 0 saturated heterocycles. The number of imidazole rings is 1. The molecule has 1 aromatic carbocycles. The van der Waals surface area contributed by atoms with Crippen LogP contribution in [-0.4, -0.2) is 37.6 Å².